The zero-order valence-corrected chi connectivity index (χ0v) is 13.9. The number of anilines is 2. The molecule has 8 nitrogen and oxygen atoms in total. The van der Waals surface area contributed by atoms with E-state index in [0.29, 0.717) is 16.8 Å². The fraction of sp³-hybridized carbons (Fsp3) is 0. The molecule has 0 bridgehead atoms. The summed E-state index contributed by atoms with van der Waals surface area (Å²) in [5.74, 6) is -0.136. The van der Waals surface area contributed by atoms with Crippen LogP contribution in [-0.4, -0.2) is 15.6 Å². The lowest BCUT2D eigenvalue weighted by Gasteiger charge is -2.08. The minimum atomic E-state index is -0.694. The number of carbonyl (C=O) groups excluding carboxylic acids is 1. The average Bonchev–Trinajstić information content (AvgIpc) is 2.68. The molecule has 0 saturated carbocycles. The fourth-order valence-electron chi connectivity index (χ4n) is 2.51. The van der Waals surface area contributed by atoms with Gasteiger partial charge in [-0.1, -0.05) is 30.3 Å². The lowest BCUT2D eigenvalue weighted by atomic mass is 10.0. The van der Waals surface area contributed by atoms with Crippen LogP contribution in [-0.2, 0) is 0 Å². The van der Waals surface area contributed by atoms with Gasteiger partial charge in [-0.2, -0.15) is 0 Å². The third-order valence-corrected chi connectivity index (χ3v) is 3.85. The average molecular weight is 363 g/mol. The largest absolute Gasteiger partial charge is 0.350 e. The quantitative estimate of drug-likeness (QED) is 0.392. The molecule has 3 rings (SSSR count). The Morgan fingerprint density at radius 2 is 1.41 bits per heavy atom. The summed E-state index contributed by atoms with van der Waals surface area (Å²) in [6, 6.07) is 18.6. The van der Waals surface area contributed by atoms with Crippen LogP contribution in [0.4, 0.5) is 22.7 Å². The number of benzene rings is 3. The maximum absolute atomic E-state index is 12.4. The third kappa shape index (κ3) is 3.96. The number of non-ortho nitro benzene ring substituents is 1. The minimum absolute atomic E-state index is 0.118. The van der Waals surface area contributed by atoms with E-state index in [0.717, 1.165) is 6.07 Å². The molecular weight excluding hydrogens is 350 g/mol. The molecule has 0 saturated heterocycles. The Labute approximate surface area is 153 Å². The van der Waals surface area contributed by atoms with Crippen LogP contribution in [0, 0.1) is 20.2 Å². The van der Waals surface area contributed by atoms with Gasteiger partial charge in [0.05, 0.1) is 15.9 Å². The summed E-state index contributed by atoms with van der Waals surface area (Å²) < 4.78 is 0. The molecule has 27 heavy (non-hydrogen) atoms. The molecule has 3 aromatic carbocycles. The number of ketones is 1. The van der Waals surface area contributed by atoms with Crippen molar-refractivity contribution in [3.8, 4) is 0 Å². The molecule has 0 aliphatic carbocycles. The van der Waals surface area contributed by atoms with Gasteiger partial charge in [0.25, 0.3) is 11.4 Å². The highest BCUT2D eigenvalue weighted by atomic mass is 16.6. The summed E-state index contributed by atoms with van der Waals surface area (Å²) in [5.41, 5.74) is 0.892. The fourth-order valence-corrected chi connectivity index (χ4v) is 2.51. The van der Waals surface area contributed by atoms with E-state index >= 15 is 0 Å². The van der Waals surface area contributed by atoms with Crippen LogP contribution in [0.2, 0.25) is 0 Å². The first kappa shape index (κ1) is 17.7. The van der Waals surface area contributed by atoms with Gasteiger partial charge >= 0.3 is 0 Å². The summed E-state index contributed by atoms with van der Waals surface area (Å²) in [4.78, 5) is 33.0. The van der Waals surface area contributed by atoms with Crippen LogP contribution < -0.4 is 5.32 Å². The number of nitrogens with zero attached hydrogens (tertiary/aromatic N) is 2. The first-order chi connectivity index (χ1) is 13.0. The van der Waals surface area contributed by atoms with Crippen molar-refractivity contribution < 1.29 is 14.6 Å². The Bertz CT molecular complexity index is 1020. The number of nitro benzene ring substituents is 2. The normalized spacial score (nSPS) is 10.2. The van der Waals surface area contributed by atoms with Crippen LogP contribution >= 0.6 is 0 Å². The summed E-state index contributed by atoms with van der Waals surface area (Å²) in [5, 5.41) is 24.8. The lowest BCUT2D eigenvalue weighted by molar-refractivity contribution is -0.393. The van der Waals surface area contributed by atoms with Crippen molar-refractivity contribution in [2.45, 2.75) is 0 Å². The summed E-state index contributed by atoms with van der Waals surface area (Å²) in [6.45, 7) is 0. The molecule has 0 radical (unpaired) electrons. The zero-order valence-electron chi connectivity index (χ0n) is 13.9. The molecule has 0 unspecified atom stereocenters. The molecule has 0 spiro atoms. The SMILES string of the molecule is O=C(c1ccccc1)c1ccc(Nc2ccc([N+](=O)[O-])cc2[N+](=O)[O-])cc1. The number of nitro groups is 2. The molecule has 0 atom stereocenters. The van der Waals surface area contributed by atoms with Gasteiger partial charge in [0.1, 0.15) is 5.69 Å². The minimum Gasteiger partial charge on any atom is -0.350 e. The second kappa shape index (κ2) is 7.44. The van der Waals surface area contributed by atoms with Crippen LogP contribution in [0.25, 0.3) is 0 Å². The molecule has 0 heterocycles. The molecule has 0 fully saturated rings. The summed E-state index contributed by atoms with van der Waals surface area (Å²) in [6.07, 6.45) is 0. The van der Waals surface area contributed by atoms with Crippen molar-refractivity contribution in [3.05, 3.63) is 104 Å². The van der Waals surface area contributed by atoms with Crippen LogP contribution in [0.15, 0.2) is 72.8 Å². The monoisotopic (exact) mass is 363 g/mol. The Hall–Kier alpha value is -4.07. The molecular formula is C19H13N3O5. The van der Waals surface area contributed by atoms with Gasteiger partial charge in [0, 0.05) is 22.9 Å². The number of nitrogens with one attached hydrogen (secondary N) is 1. The Morgan fingerprint density at radius 3 is 2.00 bits per heavy atom. The molecule has 1 N–H and O–H groups in total. The highest BCUT2D eigenvalue weighted by Crippen LogP contribution is 2.31. The van der Waals surface area contributed by atoms with E-state index in [1.807, 2.05) is 6.07 Å². The first-order valence-corrected chi connectivity index (χ1v) is 7.85. The van der Waals surface area contributed by atoms with E-state index in [1.54, 1.807) is 48.5 Å². The number of hydrogen-bond acceptors (Lipinski definition) is 6. The molecule has 8 heteroatoms. The van der Waals surface area contributed by atoms with E-state index in [-0.39, 0.29) is 17.2 Å². The highest BCUT2D eigenvalue weighted by molar-refractivity contribution is 6.09. The summed E-state index contributed by atoms with van der Waals surface area (Å²) in [7, 11) is 0. The standard InChI is InChI=1S/C19H13N3O5/c23-19(13-4-2-1-3-5-13)14-6-8-15(9-7-14)20-17-11-10-16(21(24)25)12-18(17)22(26)27/h1-12,20H. The Morgan fingerprint density at radius 1 is 0.778 bits per heavy atom. The highest BCUT2D eigenvalue weighted by Gasteiger charge is 2.19. The summed E-state index contributed by atoms with van der Waals surface area (Å²) >= 11 is 0. The van der Waals surface area contributed by atoms with Gasteiger partial charge in [0.2, 0.25) is 0 Å². The van der Waals surface area contributed by atoms with E-state index < -0.39 is 15.5 Å². The smallest absolute Gasteiger partial charge is 0.299 e. The topological polar surface area (TPSA) is 115 Å². The van der Waals surface area contributed by atoms with Crippen molar-refractivity contribution in [3.63, 3.8) is 0 Å². The van der Waals surface area contributed by atoms with E-state index in [2.05, 4.69) is 5.32 Å². The Kier molecular flexibility index (Phi) is 4.89. The molecule has 3 aromatic rings. The van der Waals surface area contributed by atoms with Gasteiger partial charge < -0.3 is 5.32 Å². The van der Waals surface area contributed by atoms with Crippen LogP contribution in [0.5, 0.6) is 0 Å². The van der Waals surface area contributed by atoms with Crippen LogP contribution in [0.1, 0.15) is 15.9 Å². The van der Waals surface area contributed by atoms with Gasteiger partial charge in [-0.3, -0.25) is 25.0 Å². The van der Waals surface area contributed by atoms with Crippen molar-refractivity contribution >= 4 is 28.5 Å². The van der Waals surface area contributed by atoms with Crippen molar-refractivity contribution in [1.29, 1.82) is 0 Å². The molecule has 134 valence electrons. The predicted octanol–water partition coefficient (Wildman–Crippen LogP) is 4.48. The van der Waals surface area contributed by atoms with Crippen molar-refractivity contribution in [1.82, 2.24) is 0 Å². The maximum Gasteiger partial charge on any atom is 0.299 e. The van der Waals surface area contributed by atoms with Crippen molar-refractivity contribution in [2.75, 3.05) is 5.32 Å². The van der Waals surface area contributed by atoms with Crippen LogP contribution in [0.3, 0.4) is 0 Å². The first-order valence-electron chi connectivity index (χ1n) is 7.85. The third-order valence-electron chi connectivity index (χ3n) is 3.85. The van der Waals surface area contributed by atoms with Gasteiger partial charge in [-0.15, -0.1) is 0 Å². The second-order valence-corrected chi connectivity index (χ2v) is 5.61. The van der Waals surface area contributed by atoms with Gasteiger partial charge in [-0.25, -0.2) is 0 Å². The zero-order chi connectivity index (χ0) is 19.4. The van der Waals surface area contributed by atoms with Gasteiger partial charge in [0.15, 0.2) is 5.78 Å². The van der Waals surface area contributed by atoms with Gasteiger partial charge in [-0.05, 0) is 30.3 Å². The van der Waals surface area contributed by atoms with E-state index in [9.17, 15) is 25.0 Å². The lowest BCUT2D eigenvalue weighted by Crippen LogP contribution is -2.02. The molecule has 0 aliphatic rings. The number of carbonyl (C=O) groups is 1. The number of hydrogen-bond donors (Lipinski definition) is 1. The Balaban J connectivity index is 1.84. The van der Waals surface area contributed by atoms with E-state index in [1.165, 1.54) is 12.1 Å². The maximum atomic E-state index is 12.4. The predicted molar refractivity (Wildman–Crippen MR) is 99.4 cm³/mol. The van der Waals surface area contributed by atoms with Crippen molar-refractivity contribution in [2.24, 2.45) is 0 Å². The molecule has 0 amide bonds. The number of rotatable bonds is 6. The second-order valence-electron chi connectivity index (χ2n) is 5.61. The molecule has 0 aliphatic heterocycles. The van der Waals surface area contributed by atoms with E-state index in [4.69, 9.17) is 0 Å². The molecule has 0 aromatic heterocycles.